The standard InChI is InChI=1S/C35H27N3O5S/c1-20(2)29-14-10-24(18-36)33(37-29)44-31-17-32(40)38(34(31)41)26-11-7-21(8-12-26)35(42)43-19-30(39)23-9-13-28-25(16-23)15-22-5-3-4-6-27(22)28/h3-14,16,20,31H,15,17,19H2,1-2H3. The summed E-state index contributed by atoms with van der Waals surface area (Å²) in [4.78, 5) is 57.3. The van der Waals surface area contributed by atoms with E-state index in [1.54, 1.807) is 18.2 Å². The van der Waals surface area contributed by atoms with Gasteiger partial charge in [-0.25, -0.2) is 14.7 Å². The lowest BCUT2D eigenvalue weighted by atomic mass is 10.0. The second-order valence-corrected chi connectivity index (χ2v) is 12.2. The third-order valence-corrected chi connectivity index (χ3v) is 8.95. The van der Waals surface area contributed by atoms with Crippen LogP contribution in [0.4, 0.5) is 5.69 Å². The number of pyridine rings is 1. The van der Waals surface area contributed by atoms with Crippen molar-refractivity contribution >= 4 is 41.0 Å². The van der Waals surface area contributed by atoms with E-state index in [1.807, 2.05) is 38.1 Å². The molecular weight excluding hydrogens is 574 g/mol. The highest BCUT2D eigenvalue weighted by Gasteiger charge is 2.41. The van der Waals surface area contributed by atoms with E-state index in [0.29, 0.717) is 21.8 Å². The van der Waals surface area contributed by atoms with E-state index in [0.717, 1.165) is 39.9 Å². The van der Waals surface area contributed by atoms with Crippen LogP contribution in [-0.2, 0) is 20.7 Å². The van der Waals surface area contributed by atoms with Crippen LogP contribution in [0.2, 0.25) is 0 Å². The number of Topliss-reactive ketones (excluding diaryl/α,β-unsaturated/α-hetero) is 1. The zero-order valence-corrected chi connectivity index (χ0v) is 24.9. The number of hydrogen-bond acceptors (Lipinski definition) is 8. The number of ether oxygens (including phenoxy) is 1. The molecule has 9 heteroatoms. The maximum atomic E-state index is 13.2. The van der Waals surface area contributed by atoms with Crippen LogP contribution >= 0.6 is 11.8 Å². The van der Waals surface area contributed by atoms with Crippen LogP contribution in [0.3, 0.4) is 0 Å². The van der Waals surface area contributed by atoms with E-state index in [9.17, 15) is 24.4 Å². The molecule has 2 aliphatic rings. The minimum Gasteiger partial charge on any atom is -0.454 e. The van der Waals surface area contributed by atoms with Gasteiger partial charge in [0, 0.05) is 17.7 Å². The number of carbonyl (C=O) groups is 4. The molecule has 0 bridgehead atoms. The van der Waals surface area contributed by atoms with Crippen LogP contribution in [-0.4, -0.2) is 40.4 Å². The molecule has 0 radical (unpaired) electrons. The number of thioether (sulfide) groups is 1. The van der Waals surface area contributed by atoms with Crippen molar-refractivity contribution in [1.82, 2.24) is 4.98 Å². The first-order valence-corrected chi connectivity index (χ1v) is 15.1. The summed E-state index contributed by atoms with van der Waals surface area (Å²) in [6.45, 7) is 3.56. The highest BCUT2D eigenvalue weighted by atomic mass is 32.2. The minimum atomic E-state index is -0.728. The first-order valence-electron chi connectivity index (χ1n) is 14.2. The largest absolute Gasteiger partial charge is 0.454 e. The van der Waals surface area contributed by atoms with E-state index in [4.69, 9.17) is 4.74 Å². The lowest BCUT2D eigenvalue weighted by Gasteiger charge is -2.16. The number of ketones is 1. The highest BCUT2D eigenvalue weighted by Crippen LogP contribution is 2.37. The van der Waals surface area contributed by atoms with E-state index < -0.39 is 23.7 Å². The number of hydrogen-bond donors (Lipinski definition) is 0. The van der Waals surface area contributed by atoms with Crippen molar-refractivity contribution in [3.05, 3.63) is 112 Å². The van der Waals surface area contributed by atoms with E-state index in [1.165, 1.54) is 35.4 Å². The van der Waals surface area contributed by atoms with E-state index in [2.05, 4.69) is 23.2 Å². The van der Waals surface area contributed by atoms with Crippen molar-refractivity contribution in [2.45, 2.75) is 42.9 Å². The Morgan fingerprint density at radius 1 is 0.977 bits per heavy atom. The second kappa shape index (κ2) is 11.9. The summed E-state index contributed by atoms with van der Waals surface area (Å²) in [6, 6.07) is 25.1. The lowest BCUT2D eigenvalue weighted by Crippen LogP contribution is -2.31. The number of carbonyl (C=O) groups excluding carboxylic acids is 4. The minimum absolute atomic E-state index is 0.0390. The maximum absolute atomic E-state index is 13.2. The molecule has 1 aliphatic heterocycles. The van der Waals surface area contributed by atoms with Crippen molar-refractivity contribution in [2.75, 3.05) is 11.5 Å². The van der Waals surface area contributed by atoms with Gasteiger partial charge in [0.25, 0.3) is 0 Å². The molecule has 1 fully saturated rings. The van der Waals surface area contributed by atoms with Gasteiger partial charge in [-0.05, 0) is 77.1 Å². The van der Waals surface area contributed by atoms with Gasteiger partial charge in [0.05, 0.1) is 22.1 Å². The third-order valence-electron chi connectivity index (χ3n) is 7.76. The molecule has 2 amide bonds. The van der Waals surface area contributed by atoms with Gasteiger partial charge in [-0.15, -0.1) is 0 Å². The van der Waals surface area contributed by atoms with Crippen molar-refractivity contribution in [1.29, 1.82) is 5.26 Å². The zero-order chi connectivity index (χ0) is 31.0. The predicted molar refractivity (Wildman–Crippen MR) is 166 cm³/mol. The van der Waals surface area contributed by atoms with Gasteiger partial charge < -0.3 is 4.74 Å². The number of rotatable bonds is 8. The van der Waals surface area contributed by atoms with Crippen LogP contribution in [0.15, 0.2) is 83.9 Å². The Morgan fingerprint density at radius 3 is 2.45 bits per heavy atom. The quantitative estimate of drug-likeness (QED) is 0.119. The molecule has 3 aromatic carbocycles. The SMILES string of the molecule is CC(C)c1ccc(C#N)c(SC2CC(=O)N(c3ccc(C(=O)OCC(=O)c4ccc5c(c4)Cc4ccccc4-5)cc3)C2=O)n1. The molecule has 44 heavy (non-hydrogen) atoms. The first-order chi connectivity index (χ1) is 21.2. The smallest absolute Gasteiger partial charge is 0.338 e. The topological polar surface area (TPSA) is 117 Å². The van der Waals surface area contributed by atoms with Gasteiger partial charge in [0.2, 0.25) is 11.8 Å². The molecule has 1 saturated heterocycles. The second-order valence-electron chi connectivity index (χ2n) is 11.0. The summed E-state index contributed by atoms with van der Waals surface area (Å²) in [5.74, 6) is -1.66. The van der Waals surface area contributed by atoms with Crippen molar-refractivity contribution < 1.29 is 23.9 Å². The number of anilines is 1. The Hall–Kier alpha value is -5.07. The van der Waals surface area contributed by atoms with Crippen LogP contribution in [0, 0.1) is 11.3 Å². The average Bonchev–Trinajstić information content (AvgIpc) is 3.54. The van der Waals surface area contributed by atoms with Gasteiger partial charge in [-0.3, -0.25) is 14.4 Å². The van der Waals surface area contributed by atoms with E-state index >= 15 is 0 Å². The molecule has 1 unspecified atom stereocenters. The highest BCUT2D eigenvalue weighted by molar-refractivity contribution is 8.00. The Kier molecular flexibility index (Phi) is 7.85. The Balaban J connectivity index is 1.08. The molecule has 1 atom stereocenters. The summed E-state index contributed by atoms with van der Waals surface area (Å²) >= 11 is 1.11. The Bertz CT molecular complexity index is 1880. The fourth-order valence-electron chi connectivity index (χ4n) is 5.42. The molecule has 1 aromatic heterocycles. The van der Waals surface area contributed by atoms with Crippen LogP contribution in [0.5, 0.6) is 0 Å². The number of nitriles is 1. The zero-order valence-electron chi connectivity index (χ0n) is 24.1. The Labute approximate surface area is 258 Å². The van der Waals surface area contributed by atoms with Gasteiger partial charge in [-0.2, -0.15) is 5.26 Å². The van der Waals surface area contributed by atoms with Gasteiger partial charge in [0.1, 0.15) is 11.1 Å². The summed E-state index contributed by atoms with van der Waals surface area (Å²) in [6.07, 6.45) is 0.714. The normalized spacial score (nSPS) is 15.2. The molecule has 8 nitrogen and oxygen atoms in total. The molecule has 6 rings (SSSR count). The van der Waals surface area contributed by atoms with Crippen LogP contribution in [0.25, 0.3) is 11.1 Å². The summed E-state index contributed by atoms with van der Waals surface area (Å²) in [5.41, 5.74) is 6.69. The molecule has 0 saturated carbocycles. The molecular formula is C35H27N3O5S. The van der Waals surface area contributed by atoms with Crippen LogP contribution < -0.4 is 4.90 Å². The van der Waals surface area contributed by atoms with Gasteiger partial charge >= 0.3 is 5.97 Å². The Morgan fingerprint density at radius 2 is 1.70 bits per heavy atom. The van der Waals surface area contributed by atoms with E-state index in [-0.39, 0.29) is 29.6 Å². The fraction of sp³-hybridized carbons (Fsp3) is 0.200. The lowest BCUT2D eigenvalue weighted by molar-refractivity contribution is -0.121. The molecule has 0 N–H and O–H groups in total. The number of esters is 1. The number of benzene rings is 3. The number of nitrogens with zero attached hydrogens (tertiary/aromatic N) is 3. The number of imide groups is 1. The third kappa shape index (κ3) is 5.52. The summed E-state index contributed by atoms with van der Waals surface area (Å²) in [5, 5.41) is 9.20. The summed E-state index contributed by atoms with van der Waals surface area (Å²) in [7, 11) is 0. The number of amides is 2. The molecule has 218 valence electrons. The first kappa shape index (κ1) is 29.0. The predicted octanol–water partition coefficient (Wildman–Crippen LogP) is 6.11. The van der Waals surface area contributed by atoms with Crippen molar-refractivity contribution in [2.24, 2.45) is 0 Å². The maximum Gasteiger partial charge on any atom is 0.338 e. The number of aromatic nitrogens is 1. The molecule has 0 spiro atoms. The monoisotopic (exact) mass is 601 g/mol. The van der Waals surface area contributed by atoms with Gasteiger partial charge in [-0.1, -0.05) is 62.0 Å². The average molecular weight is 602 g/mol. The van der Waals surface area contributed by atoms with Crippen molar-refractivity contribution in [3.63, 3.8) is 0 Å². The molecule has 2 heterocycles. The fourth-order valence-corrected chi connectivity index (χ4v) is 6.52. The van der Waals surface area contributed by atoms with Crippen molar-refractivity contribution in [3.8, 4) is 17.2 Å². The molecule has 4 aromatic rings. The molecule has 1 aliphatic carbocycles. The number of fused-ring (bicyclic) bond motifs is 3. The van der Waals surface area contributed by atoms with Crippen LogP contribution in [0.1, 0.15) is 69.3 Å². The summed E-state index contributed by atoms with van der Waals surface area (Å²) < 4.78 is 5.29. The van der Waals surface area contributed by atoms with Gasteiger partial charge in [0.15, 0.2) is 12.4 Å².